The van der Waals surface area contributed by atoms with Crippen LogP contribution in [0.2, 0.25) is 10.0 Å². The molecular weight excluding hydrogens is 562 g/mol. The summed E-state index contributed by atoms with van der Waals surface area (Å²) in [6.45, 7) is -0.262. The predicted octanol–water partition coefficient (Wildman–Crippen LogP) is 7.54. The summed E-state index contributed by atoms with van der Waals surface area (Å²) < 4.78 is 19.2. The van der Waals surface area contributed by atoms with Gasteiger partial charge in [-0.1, -0.05) is 65.7 Å². The SMILES string of the molecule is O=C(CN1C(=O)S/C(=C/c2cc(Cl)c(OCc3ccc4ccccc4c3)c(Cl)c2)C1=O)Nc1cccc(F)c1. The number of benzene rings is 4. The summed E-state index contributed by atoms with van der Waals surface area (Å²) in [5.74, 6) is -1.50. The molecule has 5 rings (SSSR count). The molecule has 0 radical (unpaired) electrons. The summed E-state index contributed by atoms with van der Waals surface area (Å²) in [5, 5.41) is 4.55. The van der Waals surface area contributed by atoms with Crippen LogP contribution in [0.5, 0.6) is 5.75 Å². The smallest absolute Gasteiger partial charge is 0.294 e. The van der Waals surface area contributed by atoms with Gasteiger partial charge in [0.05, 0.1) is 15.0 Å². The number of anilines is 1. The molecule has 0 aliphatic carbocycles. The molecule has 4 aromatic rings. The fraction of sp³-hybridized carbons (Fsp3) is 0.0690. The molecule has 0 saturated carbocycles. The first-order valence-corrected chi connectivity index (χ1v) is 13.2. The predicted molar refractivity (Wildman–Crippen MR) is 152 cm³/mol. The van der Waals surface area contributed by atoms with Crippen molar-refractivity contribution in [2.45, 2.75) is 6.61 Å². The molecule has 1 N–H and O–H groups in total. The van der Waals surface area contributed by atoms with Crippen molar-refractivity contribution in [1.82, 2.24) is 4.90 Å². The third-order valence-electron chi connectivity index (χ3n) is 5.80. The second-order valence-corrected chi connectivity index (χ2v) is 10.4. The number of carbonyl (C=O) groups excluding carboxylic acids is 3. The zero-order valence-corrected chi connectivity index (χ0v) is 22.4. The molecule has 0 spiro atoms. The van der Waals surface area contributed by atoms with Crippen LogP contribution in [-0.2, 0) is 16.2 Å². The molecule has 1 aliphatic heterocycles. The molecule has 6 nitrogen and oxygen atoms in total. The maximum Gasteiger partial charge on any atom is 0.294 e. The Morgan fingerprint density at radius 1 is 0.949 bits per heavy atom. The van der Waals surface area contributed by atoms with E-state index in [0.29, 0.717) is 23.1 Å². The monoisotopic (exact) mass is 580 g/mol. The van der Waals surface area contributed by atoms with Gasteiger partial charge in [0.15, 0.2) is 5.75 Å². The summed E-state index contributed by atoms with van der Waals surface area (Å²) in [6, 6.07) is 22.5. The minimum Gasteiger partial charge on any atom is -0.486 e. The van der Waals surface area contributed by atoms with Gasteiger partial charge in [0.2, 0.25) is 5.91 Å². The van der Waals surface area contributed by atoms with Crippen LogP contribution in [0, 0.1) is 5.82 Å². The van der Waals surface area contributed by atoms with Crippen molar-refractivity contribution >= 4 is 74.6 Å². The Morgan fingerprint density at radius 3 is 2.44 bits per heavy atom. The highest BCUT2D eigenvalue weighted by Crippen LogP contribution is 2.38. The molecule has 0 aromatic heterocycles. The fourth-order valence-corrected chi connectivity index (χ4v) is 5.43. The number of halogens is 3. The van der Waals surface area contributed by atoms with Crippen molar-refractivity contribution in [3.8, 4) is 5.75 Å². The minimum absolute atomic E-state index is 0.107. The second-order valence-electron chi connectivity index (χ2n) is 8.61. The Kier molecular flexibility index (Phi) is 7.88. The molecule has 0 unspecified atom stereocenters. The van der Waals surface area contributed by atoms with E-state index >= 15 is 0 Å². The Hall–Kier alpha value is -3.85. The summed E-state index contributed by atoms with van der Waals surface area (Å²) in [6.07, 6.45) is 1.47. The van der Waals surface area contributed by atoms with Gasteiger partial charge in [0.25, 0.3) is 11.1 Å². The van der Waals surface area contributed by atoms with E-state index in [0.717, 1.165) is 27.3 Å². The number of hydrogen-bond donors (Lipinski definition) is 1. The van der Waals surface area contributed by atoms with E-state index in [1.165, 1.54) is 24.3 Å². The van der Waals surface area contributed by atoms with E-state index in [-0.39, 0.29) is 27.2 Å². The Labute approximate surface area is 237 Å². The van der Waals surface area contributed by atoms with Crippen molar-refractivity contribution < 1.29 is 23.5 Å². The molecule has 1 saturated heterocycles. The number of thioether (sulfide) groups is 1. The zero-order valence-electron chi connectivity index (χ0n) is 20.1. The fourth-order valence-electron chi connectivity index (χ4n) is 3.98. The first kappa shape index (κ1) is 26.7. The van der Waals surface area contributed by atoms with Crippen LogP contribution in [0.3, 0.4) is 0 Å². The van der Waals surface area contributed by atoms with Crippen molar-refractivity contribution in [2.24, 2.45) is 0 Å². The highest BCUT2D eigenvalue weighted by atomic mass is 35.5. The highest BCUT2D eigenvalue weighted by Gasteiger charge is 2.36. The van der Waals surface area contributed by atoms with Crippen LogP contribution < -0.4 is 10.1 Å². The third kappa shape index (κ3) is 6.25. The average molecular weight is 581 g/mol. The van der Waals surface area contributed by atoms with Crippen LogP contribution in [0.1, 0.15) is 11.1 Å². The largest absolute Gasteiger partial charge is 0.486 e. The summed E-state index contributed by atoms with van der Waals surface area (Å²) in [7, 11) is 0. The molecule has 3 amide bonds. The lowest BCUT2D eigenvalue weighted by Crippen LogP contribution is -2.36. The maximum absolute atomic E-state index is 13.4. The molecule has 39 heavy (non-hydrogen) atoms. The van der Waals surface area contributed by atoms with E-state index < -0.39 is 29.4 Å². The number of fused-ring (bicyclic) bond motifs is 1. The molecular formula is C29H19Cl2FN2O4S. The molecule has 0 bridgehead atoms. The van der Waals surface area contributed by atoms with E-state index in [1.807, 2.05) is 42.5 Å². The van der Waals surface area contributed by atoms with E-state index in [4.69, 9.17) is 27.9 Å². The topological polar surface area (TPSA) is 75.7 Å². The lowest BCUT2D eigenvalue weighted by molar-refractivity contribution is -0.127. The summed E-state index contributed by atoms with van der Waals surface area (Å²) >= 11 is 13.6. The van der Waals surface area contributed by atoms with Gasteiger partial charge in [0.1, 0.15) is 19.0 Å². The van der Waals surface area contributed by atoms with Gasteiger partial charge in [0, 0.05) is 5.69 Å². The first-order valence-electron chi connectivity index (χ1n) is 11.7. The lowest BCUT2D eigenvalue weighted by atomic mass is 10.1. The van der Waals surface area contributed by atoms with Gasteiger partial charge in [-0.25, -0.2) is 4.39 Å². The molecule has 1 aliphatic rings. The number of carbonyl (C=O) groups is 3. The number of rotatable bonds is 7. The van der Waals surface area contributed by atoms with E-state index in [2.05, 4.69) is 5.32 Å². The van der Waals surface area contributed by atoms with Gasteiger partial charge >= 0.3 is 0 Å². The van der Waals surface area contributed by atoms with Crippen molar-refractivity contribution in [3.05, 3.63) is 111 Å². The number of nitrogens with one attached hydrogen (secondary N) is 1. The van der Waals surface area contributed by atoms with Gasteiger partial charge in [-0.15, -0.1) is 0 Å². The highest BCUT2D eigenvalue weighted by molar-refractivity contribution is 8.18. The standard InChI is InChI=1S/C29H19Cl2FN2O4S/c30-23-11-18(12-24(31)27(23)38-16-17-8-9-19-4-1-2-5-20(19)10-17)13-25-28(36)34(29(37)39-25)15-26(35)33-22-7-3-6-21(32)14-22/h1-14H,15-16H2,(H,33,35)/b25-13+. The quantitative estimate of drug-likeness (QED) is 0.228. The Balaban J connectivity index is 1.26. The third-order valence-corrected chi connectivity index (χ3v) is 7.27. The molecule has 1 heterocycles. The number of hydrogen-bond acceptors (Lipinski definition) is 5. The molecule has 4 aromatic carbocycles. The first-order chi connectivity index (χ1) is 18.8. The van der Waals surface area contributed by atoms with Gasteiger partial charge < -0.3 is 10.1 Å². The Morgan fingerprint density at radius 2 is 1.69 bits per heavy atom. The second kappa shape index (κ2) is 11.5. The van der Waals surface area contributed by atoms with Crippen molar-refractivity contribution in [2.75, 3.05) is 11.9 Å². The zero-order chi connectivity index (χ0) is 27.5. The maximum atomic E-state index is 13.4. The molecule has 10 heteroatoms. The summed E-state index contributed by atoms with van der Waals surface area (Å²) in [5.41, 5.74) is 1.65. The van der Waals surface area contributed by atoms with Gasteiger partial charge in [-0.2, -0.15) is 0 Å². The van der Waals surface area contributed by atoms with Crippen LogP contribution in [0.15, 0.2) is 83.8 Å². The van der Waals surface area contributed by atoms with Crippen LogP contribution >= 0.6 is 35.0 Å². The average Bonchev–Trinajstić information content (AvgIpc) is 3.15. The number of ether oxygens (including phenoxy) is 1. The van der Waals surface area contributed by atoms with Gasteiger partial charge in [-0.05, 0) is 76.1 Å². The normalized spacial score (nSPS) is 14.3. The number of imide groups is 1. The van der Waals surface area contributed by atoms with Crippen molar-refractivity contribution in [3.63, 3.8) is 0 Å². The van der Waals surface area contributed by atoms with E-state index in [1.54, 1.807) is 12.1 Å². The van der Waals surface area contributed by atoms with Crippen LogP contribution in [-0.4, -0.2) is 28.5 Å². The number of amides is 3. The lowest BCUT2D eigenvalue weighted by Gasteiger charge is -2.13. The van der Waals surface area contributed by atoms with Crippen LogP contribution in [0.25, 0.3) is 16.8 Å². The number of nitrogens with zero attached hydrogens (tertiary/aromatic N) is 1. The molecule has 196 valence electrons. The van der Waals surface area contributed by atoms with E-state index in [9.17, 15) is 18.8 Å². The summed E-state index contributed by atoms with van der Waals surface area (Å²) in [4.78, 5) is 38.5. The molecule has 1 fully saturated rings. The van der Waals surface area contributed by atoms with Gasteiger partial charge in [-0.3, -0.25) is 19.3 Å². The Bertz CT molecular complexity index is 1640. The van der Waals surface area contributed by atoms with Crippen LogP contribution in [0.4, 0.5) is 14.9 Å². The van der Waals surface area contributed by atoms with Crippen molar-refractivity contribution in [1.29, 1.82) is 0 Å². The minimum atomic E-state index is -0.636. The molecule has 0 atom stereocenters.